The zero-order valence-electron chi connectivity index (χ0n) is 11.5. The highest BCUT2D eigenvalue weighted by Crippen LogP contribution is 2.38. The number of aliphatic hydroxyl groups is 1. The normalized spacial score (nSPS) is 23.8. The van der Waals surface area contributed by atoms with Gasteiger partial charge in [0.05, 0.1) is 11.1 Å². The van der Waals surface area contributed by atoms with Crippen LogP contribution < -0.4 is 0 Å². The Morgan fingerprint density at radius 1 is 1.45 bits per heavy atom. The molecule has 1 N–H and O–H groups in total. The van der Waals surface area contributed by atoms with Gasteiger partial charge in [0, 0.05) is 12.0 Å². The van der Waals surface area contributed by atoms with E-state index in [-0.39, 0.29) is 0 Å². The Morgan fingerprint density at radius 3 is 2.95 bits per heavy atom. The van der Waals surface area contributed by atoms with Crippen LogP contribution in [0.5, 0.6) is 0 Å². The van der Waals surface area contributed by atoms with E-state index in [1.807, 2.05) is 25.1 Å². The lowest BCUT2D eigenvalue weighted by Crippen LogP contribution is -2.32. The molecule has 1 saturated carbocycles. The number of halogens is 1. The van der Waals surface area contributed by atoms with E-state index in [9.17, 15) is 5.11 Å². The second kappa shape index (κ2) is 5.76. The molecular weight excluding hydrogens is 276 g/mol. The van der Waals surface area contributed by atoms with Crippen molar-refractivity contribution in [2.24, 2.45) is 5.92 Å². The molecular formula is C16H19ClO3. The Kier molecular flexibility index (Phi) is 4.01. The van der Waals surface area contributed by atoms with E-state index < -0.39 is 6.10 Å². The van der Waals surface area contributed by atoms with Crippen LogP contribution in [-0.2, 0) is 4.74 Å². The lowest BCUT2D eigenvalue weighted by atomic mass is 9.78. The summed E-state index contributed by atoms with van der Waals surface area (Å²) in [7, 11) is 0. The van der Waals surface area contributed by atoms with Crippen molar-refractivity contribution < 1.29 is 14.3 Å². The van der Waals surface area contributed by atoms with Gasteiger partial charge in [-0.3, -0.25) is 0 Å². The molecule has 1 heterocycles. The smallest absolute Gasteiger partial charge is 0.152 e. The van der Waals surface area contributed by atoms with Crippen LogP contribution in [0.15, 0.2) is 28.7 Å². The molecule has 0 spiro atoms. The molecule has 0 radical (unpaired) electrons. The van der Waals surface area contributed by atoms with Crippen molar-refractivity contribution in [1.82, 2.24) is 0 Å². The quantitative estimate of drug-likeness (QED) is 0.893. The highest BCUT2D eigenvalue weighted by Gasteiger charge is 2.32. The topological polar surface area (TPSA) is 42.6 Å². The predicted molar refractivity (Wildman–Crippen MR) is 78.9 cm³/mol. The number of rotatable bonds is 5. The fourth-order valence-electron chi connectivity index (χ4n) is 2.88. The van der Waals surface area contributed by atoms with E-state index in [1.54, 1.807) is 6.07 Å². The van der Waals surface area contributed by atoms with Crippen molar-refractivity contribution in [3.8, 4) is 0 Å². The largest absolute Gasteiger partial charge is 0.457 e. The van der Waals surface area contributed by atoms with Gasteiger partial charge in [-0.05, 0) is 44.2 Å². The van der Waals surface area contributed by atoms with Crippen molar-refractivity contribution in [1.29, 1.82) is 0 Å². The maximum atomic E-state index is 10.3. The van der Waals surface area contributed by atoms with Crippen LogP contribution in [0.4, 0.5) is 0 Å². The predicted octanol–water partition coefficient (Wildman–Crippen LogP) is 4.32. The zero-order valence-corrected chi connectivity index (χ0v) is 12.3. The number of hydrogen-bond acceptors (Lipinski definition) is 3. The summed E-state index contributed by atoms with van der Waals surface area (Å²) in [5, 5.41) is 11.8. The number of para-hydroxylation sites is 1. The molecule has 0 aliphatic heterocycles. The first-order chi connectivity index (χ1) is 9.67. The Morgan fingerprint density at radius 2 is 2.25 bits per heavy atom. The molecule has 0 bridgehead atoms. The molecule has 1 unspecified atom stereocenters. The van der Waals surface area contributed by atoms with Gasteiger partial charge in [-0.2, -0.15) is 0 Å². The first-order valence-electron chi connectivity index (χ1n) is 7.15. The summed E-state index contributed by atoms with van der Waals surface area (Å²) in [6.45, 7) is 2.78. The summed E-state index contributed by atoms with van der Waals surface area (Å²) in [5.41, 5.74) is 0.656. The molecule has 3 nitrogen and oxygen atoms in total. The molecule has 0 saturated heterocycles. The van der Waals surface area contributed by atoms with E-state index in [0.29, 0.717) is 28.4 Å². The Bertz CT molecular complexity index is 586. The SMILES string of the molecule is CCOC1CC(CC(O)c2cc3cccc(Cl)c3o2)C1. The van der Waals surface area contributed by atoms with Gasteiger partial charge in [0.2, 0.25) is 0 Å². The number of hydrogen-bond donors (Lipinski definition) is 1. The third-order valence-corrected chi connectivity index (χ3v) is 4.29. The zero-order chi connectivity index (χ0) is 14.1. The standard InChI is InChI=1S/C16H19ClO3/c1-2-19-12-6-10(7-12)8-14(18)15-9-11-4-3-5-13(17)16(11)20-15/h3-5,9-10,12,14,18H,2,6-8H2,1H3. The van der Waals surface area contributed by atoms with Gasteiger partial charge in [-0.15, -0.1) is 0 Å². The van der Waals surface area contributed by atoms with Crippen molar-refractivity contribution in [2.45, 2.75) is 38.4 Å². The minimum atomic E-state index is -0.564. The number of ether oxygens (including phenoxy) is 1. The van der Waals surface area contributed by atoms with Crippen molar-refractivity contribution in [3.05, 3.63) is 35.0 Å². The van der Waals surface area contributed by atoms with E-state index >= 15 is 0 Å². The molecule has 1 atom stereocenters. The average Bonchev–Trinajstić information content (AvgIpc) is 2.82. The van der Waals surface area contributed by atoms with Crippen LogP contribution in [0, 0.1) is 5.92 Å². The summed E-state index contributed by atoms with van der Waals surface area (Å²) in [6.07, 6.45) is 2.60. The number of aliphatic hydroxyl groups excluding tert-OH is 1. The van der Waals surface area contributed by atoms with Gasteiger partial charge in [-0.25, -0.2) is 0 Å². The Labute approximate surface area is 123 Å². The highest BCUT2D eigenvalue weighted by molar-refractivity contribution is 6.34. The van der Waals surface area contributed by atoms with Gasteiger partial charge in [0.25, 0.3) is 0 Å². The summed E-state index contributed by atoms with van der Waals surface area (Å²) in [6, 6.07) is 7.50. The molecule has 2 aromatic rings. The van der Waals surface area contributed by atoms with E-state index in [1.165, 1.54) is 0 Å². The van der Waals surface area contributed by atoms with Crippen LogP contribution in [0.1, 0.15) is 38.1 Å². The molecule has 108 valence electrons. The van der Waals surface area contributed by atoms with Gasteiger partial charge in [0.15, 0.2) is 5.58 Å². The third kappa shape index (κ3) is 2.71. The summed E-state index contributed by atoms with van der Waals surface area (Å²) in [5.74, 6) is 1.12. The first-order valence-corrected chi connectivity index (χ1v) is 7.52. The monoisotopic (exact) mass is 294 g/mol. The lowest BCUT2D eigenvalue weighted by molar-refractivity contribution is -0.0396. The lowest BCUT2D eigenvalue weighted by Gasteiger charge is -2.35. The summed E-state index contributed by atoms with van der Waals surface area (Å²) >= 11 is 6.08. The first kappa shape index (κ1) is 13.9. The average molecular weight is 295 g/mol. The van der Waals surface area contributed by atoms with Crippen molar-refractivity contribution in [2.75, 3.05) is 6.61 Å². The van der Waals surface area contributed by atoms with Crippen LogP contribution in [0.25, 0.3) is 11.0 Å². The molecule has 0 amide bonds. The van der Waals surface area contributed by atoms with Gasteiger partial charge < -0.3 is 14.3 Å². The van der Waals surface area contributed by atoms with E-state index in [2.05, 4.69) is 0 Å². The second-order valence-corrected chi connectivity index (χ2v) is 5.88. The molecule has 1 aliphatic carbocycles. The van der Waals surface area contributed by atoms with Crippen LogP contribution in [-0.4, -0.2) is 17.8 Å². The maximum Gasteiger partial charge on any atom is 0.152 e. The van der Waals surface area contributed by atoms with Crippen molar-refractivity contribution in [3.63, 3.8) is 0 Å². The molecule has 1 aliphatic rings. The fourth-order valence-corrected chi connectivity index (χ4v) is 3.10. The third-order valence-electron chi connectivity index (χ3n) is 3.99. The number of benzene rings is 1. The molecule has 4 heteroatoms. The Balaban J connectivity index is 1.64. The number of furan rings is 1. The summed E-state index contributed by atoms with van der Waals surface area (Å²) < 4.78 is 11.2. The van der Waals surface area contributed by atoms with Gasteiger partial charge >= 0.3 is 0 Å². The molecule has 1 aromatic heterocycles. The van der Waals surface area contributed by atoms with Crippen LogP contribution in [0.3, 0.4) is 0 Å². The molecule has 1 fully saturated rings. The second-order valence-electron chi connectivity index (χ2n) is 5.47. The number of fused-ring (bicyclic) bond motifs is 1. The van der Waals surface area contributed by atoms with Crippen LogP contribution in [0.2, 0.25) is 5.02 Å². The summed E-state index contributed by atoms with van der Waals surface area (Å²) in [4.78, 5) is 0. The Hall–Kier alpha value is -1.03. The van der Waals surface area contributed by atoms with Gasteiger partial charge in [0.1, 0.15) is 11.9 Å². The van der Waals surface area contributed by atoms with Gasteiger partial charge in [-0.1, -0.05) is 23.7 Å². The molecule has 20 heavy (non-hydrogen) atoms. The highest BCUT2D eigenvalue weighted by atomic mass is 35.5. The van der Waals surface area contributed by atoms with Crippen molar-refractivity contribution >= 4 is 22.6 Å². The minimum absolute atomic E-state index is 0.377. The maximum absolute atomic E-state index is 10.3. The fraction of sp³-hybridized carbons (Fsp3) is 0.500. The van der Waals surface area contributed by atoms with Crippen LogP contribution >= 0.6 is 11.6 Å². The van der Waals surface area contributed by atoms with E-state index in [0.717, 1.165) is 31.3 Å². The molecule has 3 rings (SSSR count). The van der Waals surface area contributed by atoms with E-state index in [4.69, 9.17) is 20.8 Å². The molecule has 1 aromatic carbocycles. The minimum Gasteiger partial charge on any atom is -0.457 e.